The second-order valence-corrected chi connectivity index (χ2v) is 6.09. The summed E-state index contributed by atoms with van der Waals surface area (Å²) in [6.45, 7) is 8.69. The first-order valence-electron chi connectivity index (χ1n) is 7.02. The summed E-state index contributed by atoms with van der Waals surface area (Å²) >= 11 is 5.20. The molecule has 1 aliphatic heterocycles. The summed E-state index contributed by atoms with van der Waals surface area (Å²) in [5, 5.41) is 4.48. The van der Waals surface area contributed by atoms with Crippen molar-refractivity contribution in [3.05, 3.63) is 11.3 Å². The molecule has 0 aromatic carbocycles. The van der Waals surface area contributed by atoms with Gasteiger partial charge >= 0.3 is 0 Å². The Kier molecular flexibility index (Phi) is 3.85. The van der Waals surface area contributed by atoms with Crippen molar-refractivity contribution in [2.45, 2.75) is 40.0 Å². The van der Waals surface area contributed by atoms with Crippen molar-refractivity contribution in [1.82, 2.24) is 9.78 Å². The van der Waals surface area contributed by atoms with E-state index < -0.39 is 0 Å². The molecule has 19 heavy (non-hydrogen) atoms. The molecule has 2 rings (SSSR count). The van der Waals surface area contributed by atoms with Crippen LogP contribution in [0.25, 0.3) is 0 Å². The first kappa shape index (κ1) is 14.3. The van der Waals surface area contributed by atoms with E-state index in [2.05, 4.69) is 23.8 Å². The monoisotopic (exact) mass is 280 g/mol. The number of nitrogens with two attached hydrogens (primary N) is 1. The highest BCUT2D eigenvalue weighted by atomic mass is 32.1. The Morgan fingerprint density at radius 1 is 1.42 bits per heavy atom. The van der Waals surface area contributed by atoms with Crippen molar-refractivity contribution in [1.29, 1.82) is 0 Å². The van der Waals surface area contributed by atoms with E-state index in [1.807, 2.05) is 18.7 Å². The maximum Gasteiger partial charge on any atom is 0.137 e. The first-order chi connectivity index (χ1) is 8.94. The fraction of sp³-hybridized carbons (Fsp3) is 0.714. The SMILES string of the molecule is CCC1(CC)CCN(c2c(C(N)=S)c(C)nn2C)C1. The molecule has 0 atom stereocenters. The average molecular weight is 280 g/mol. The Morgan fingerprint density at radius 3 is 2.53 bits per heavy atom. The van der Waals surface area contributed by atoms with Crippen LogP contribution in [0.1, 0.15) is 44.4 Å². The summed E-state index contributed by atoms with van der Waals surface area (Å²) in [4.78, 5) is 2.85. The minimum atomic E-state index is 0.436. The minimum Gasteiger partial charge on any atom is -0.389 e. The zero-order valence-corrected chi connectivity index (χ0v) is 13.2. The van der Waals surface area contributed by atoms with Crippen molar-refractivity contribution in [2.24, 2.45) is 18.2 Å². The quantitative estimate of drug-likeness (QED) is 0.860. The molecule has 4 nitrogen and oxygen atoms in total. The van der Waals surface area contributed by atoms with Gasteiger partial charge in [-0.05, 0) is 31.6 Å². The highest BCUT2D eigenvalue weighted by molar-refractivity contribution is 7.80. The lowest BCUT2D eigenvalue weighted by atomic mass is 9.82. The van der Waals surface area contributed by atoms with Gasteiger partial charge in [-0.3, -0.25) is 4.68 Å². The molecule has 5 heteroatoms. The smallest absolute Gasteiger partial charge is 0.137 e. The molecule has 1 aliphatic rings. The standard InChI is InChI=1S/C14H24N4S/c1-5-14(6-2)7-8-18(9-14)13-11(12(15)19)10(3)16-17(13)4/h5-9H2,1-4H3,(H2,15,19). The van der Waals surface area contributed by atoms with Gasteiger partial charge in [0.15, 0.2) is 0 Å². The van der Waals surface area contributed by atoms with Crippen molar-refractivity contribution < 1.29 is 0 Å². The second-order valence-electron chi connectivity index (χ2n) is 5.65. The Bertz CT molecular complexity index is 488. The van der Waals surface area contributed by atoms with E-state index in [0.717, 1.165) is 30.2 Å². The molecular weight excluding hydrogens is 256 g/mol. The van der Waals surface area contributed by atoms with Gasteiger partial charge in [-0.15, -0.1) is 0 Å². The van der Waals surface area contributed by atoms with Crippen LogP contribution in [0.3, 0.4) is 0 Å². The van der Waals surface area contributed by atoms with Gasteiger partial charge in [0, 0.05) is 20.1 Å². The second kappa shape index (κ2) is 5.12. The van der Waals surface area contributed by atoms with E-state index in [9.17, 15) is 0 Å². The topological polar surface area (TPSA) is 47.1 Å². The molecule has 0 bridgehead atoms. The van der Waals surface area contributed by atoms with Crippen LogP contribution in [0.15, 0.2) is 0 Å². The fourth-order valence-corrected chi connectivity index (χ4v) is 3.48. The van der Waals surface area contributed by atoms with E-state index in [1.54, 1.807) is 0 Å². The normalized spacial score (nSPS) is 18.0. The number of aryl methyl sites for hydroxylation is 2. The van der Waals surface area contributed by atoms with Crippen molar-refractivity contribution in [2.75, 3.05) is 18.0 Å². The van der Waals surface area contributed by atoms with E-state index in [0.29, 0.717) is 10.4 Å². The fourth-order valence-electron chi connectivity index (χ4n) is 3.24. The van der Waals surface area contributed by atoms with Gasteiger partial charge in [-0.1, -0.05) is 26.1 Å². The summed E-state index contributed by atoms with van der Waals surface area (Å²) in [7, 11) is 1.97. The lowest BCUT2D eigenvalue weighted by Gasteiger charge is -2.27. The average Bonchev–Trinajstić information content (AvgIpc) is 2.90. The van der Waals surface area contributed by atoms with Crippen LogP contribution in [0.2, 0.25) is 0 Å². The van der Waals surface area contributed by atoms with Gasteiger partial charge < -0.3 is 10.6 Å². The molecule has 0 aliphatic carbocycles. The summed E-state index contributed by atoms with van der Waals surface area (Å²) in [6, 6.07) is 0. The van der Waals surface area contributed by atoms with Gasteiger partial charge in [-0.2, -0.15) is 5.10 Å². The van der Waals surface area contributed by atoms with E-state index >= 15 is 0 Å². The van der Waals surface area contributed by atoms with Crippen LogP contribution in [-0.4, -0.2) is 27.9 Å². The third kappa shape index (κ3) is 2.36. The van der Waals surface area contributed by atoms with Crippen LogP contribution >= 0.6 is 12.2 Å². The molecule has 1 fully saturated rings. The van der Waals surface area contributed by atoms with Crippen LogP contribution in [-0.2, 0) is 7.05 Å². The Morgan fingerprint density at radius 2 is 2.05 bits per heavy atom. The molecule has 1 aromatic heterocycles. The van der Waals surface area contributed by atoms with E-state index in [1.165, 1.54) is 19.3 Å². The number of hydrogen-bond acceptors (Lipinski definition) is 3. The van der Waals surface area contributed by atoms with Crippen LogP contribution < -0.4 is 10.6 Å². The summed E-state index contributed by atoms with van der Waals surface area (Å²) < 4.78 is 1.92. The van der Waals surface area contributed by atoms with Gasteiger partial charge in [0.25, 0.3) is 0 Å². The van der Waals surface area contributed by atoms with Crippen molar-refractivity contribution in [3.8, 4) is 0 Å². The molecular formula is C14H24N4S. The molecule has 1 aromatic rings. The lowest BCUT2D eigenvalue weighted by molar-refractivity contribution is 0.301. The highest BCUT2D eigenvalue weighted by Gasteiger charge is 2.37. The molecule has 0 saturated carbocycles. The predicted molar refractivity (Wildman–Crippen MR) is 83.7 cm³/mol. The number of anilines is 1. The predicted octanol–water partition coefficient (Wildman–Crippen LogP) is 2.38. The van der Waals surface area contributed by atoms with E-state index in [-0.39, 0.29) is 0 Å². The zero-order chi connectivity index (χ0) is 14.2. The molecule has 2 heterocycles. The zero-order valence-electron chi connectivity index (χ0n) is 12.4. The van der Waals surface area contributed by atoms with Crippen molar-refractivity contribution >= 4 is 23.0 Å². The van der Waals surface area contributed by atoms with Crippen LogP contribution in [0.5, 0.6) is 0 Å². The summed E-state index contributed by atoms with van der Waals surface area (Å²) in [5.41, 5.74) is 8.19. The maximum atomic E-state index is 5.88. The Hall–Kier alpha value is -1.10. The Labute approximate surface area is 121 Å². The van der Waals surface area contributed by atoms with Gasteiger partial charge in [-0.25, -0.2) is 0 Å². The lowest BCUT2D eigenvalue weighted by Crippen LogP contribution is -2.29. The molecule has 106 valence electrons. The first-order valence-corrected chi connectivity index (χ1v) is 7.43. The minimum absolute atomic E-state index is 0.436. The third-order valence-corrected chi connectivity index (χ3v) is 4.88. The largest absolute Gasteiger partial charge is 0.389 e. The van der Waals surface area contributed by atoms with Gasteiger partial charge in [0.2, 0.25) is 0 Å². The Balaban J connectivity index is 2.37. The summed E-state index contributed by atoms with van der Waals surface area (Å²) in [6.07, 6.45) is 3.68. The number of nitrogens with zero attached hydrogens (tertiary/aromatic N) is 3. The molecule has 0 spiro atoms. The van der Waals surface area contributed by atoms with Crippen molar-refractivity contribution in [3.63, 3.8) is 0 Å². The van der Waals surface area contributed by atoms with Crippen LogP contribution in [0.4, 0.5) is 5.82 Å². The molecule has 0 amide bonds. The maximum absolute atomic E-state index is 5.88. The van der Waals surface area contributed by atoms with Gasteiger partial charge in [0.05, 0.1) is 11.3 Å². The molecule has 1 saturated heterocycles. The number of aromatic nitrogens is 2. The number of thiocarbonyl (C=S) groups is 1. The van der Waals surface area contributed by atoms with Gasteiger partial charge in [0.1, 0.15) is 10.8 Å². The molecule has 0 unspecified atom stereocenters. The molecule has 2 N–H and O–H groups in total. The summed E-state index contributed by atoms with van der Waals surface area (Å²) in [5.74, 6) is 1.09. The van der Waals surface area contributed by atoms with E-state index in [4.69, 9.17) is 18.0 Å². The third-order valence-electron chi connectivity index (χ3n) is 4.68. The highest BCUT2D eigenvalue weighted by Crippen LogP contribution is 2.40. The number of hydrogen-bond donors (Lipinski definition) is 1. The van der Waals surface area contributed by atoms with Crippen LogP contribution in [0, 0.1) is 12.3 Å². The number of rotatable bonds is 4. The molecule has 0 radical (unpaired) electrons.